The van der Waals surface area contributed by atoms with Gasteiger partial charge in [-0.15, -0.1) is 0 Å². The predicted octanol–water partition coefficient (Wildman–Crippen LogP) is 3.09. The van der Waals surface area contributed by atoms with Crippen molar-refractivity contribution in [3.8, 4) is 0 Å². The molecule has 1 saturated heterocycles. The third kappa shape index (κ3) is 3.16. The summed E-state index contributed by atoms with van der Waals surface area (Å²) in [7, 11) is 1.77. The van der Waals surface area contributed by atoms with Gasteiger partial charge in [-0.2, -0.15) is 0 Å². The molecule has 1 heterocycles. The monoisotopic (exact) mass is 404 g/mol. The fourth-order valence-electron chi connectivity index (χ4n) is 5.43. The summed E-state index contributed by atoms with van der Waals surface area (Å²) in [4.78, 5) is 39.4. The highest BCUT2D eigenvalue weighted by Gasteiger charge is 2.63. The van der Waals surface area contributed by atoms with Crippen LogP contribution in [-0.4, -0.2) is 35.8 Å². The number of hydrogen-bond acceptors (Lipinski definition) is 4. The lowest BCUT2D eigenvalue weighted by Gasteiger charge is -2.23. The Hall–Kier alpha value is -3.15. The highest BCUT2D eigenvalue weighted by atomic mass is 16.6. The third-order valence-electron chi connectivity index (χ3n) is 6.79. The molecule has 1 aliphatic heterocycles. The second-order valence-electron chi connectivity index (χ2n) is 8.64. The predicted molar refractivity (Wildman–Crippen MR) is 110 cm³/mol. The molecule has 5 rings (SSSR count). The van der Waals surface area contributed by atoms with E-state index in [-0.39, 0.29) is 47.6 Å². The first kappa shape index (κ1) is 18.9. The van der Waals surface area contributed by atoms with E-state index >= 15 is 0 Å². The van der Waals surface area contributed by atoms with Crippen molar-refractivity contribution in [1.82, 2.24) is 4.90 Å². The molecule has 2 aromatic rings. The van der Waals surface area contributed by atoms with Crippen LogP contribution in [0.4, 0.5) is 5.69 Å². The van der Waals surface area contributed by atoms with Gasteiger partial charge >= 0.3 is 5.97 Å². The van der Waals surface area contributed by atoms with Crippen LogP contribution in [0.2, 0.25) is 0 Å². The topological polar surface area (TPSA) is 75.7 Å². The van der Waals surface area contributed by atoms with Crippen LogP contribution in [0, 0.1) is 23.7 Å². The lowest BCUT2D eigenvalue weighted by Crippen LogP contribution is -2.35. The number of nitrogens with one attached hydrogen (secondary N) is 1. The maximum Gasteiger partial charge on any atom is 0.310 e. The van der Waals surface area contributed by atoms with E-state index in [1.54, 1.807) is 36.2 Å². The Balaban J connectivity index is 1.23. The summed E-state index contributed by atoms with van der Waals surface area (Å²) in [5, 5.41) is 2.94. The van der Waals surface area contributed by atoms with E-state index in [0.29, 0.717) is 17.8 Å². The zero-order valence-corrected chi connectivity index (χ0v) is 16.8. The summed E-state index contributed by atoms with van der Waals surface area (Å²) in [6.45, 7) is 0.529. The fourth-order valence-corrected chi connectivity index (χ4v) is 5.43. The molecular formula is C24H24N2O4. The number of rotatable bonds is 5. The van der Waals surface area contributed by atoms with Crippen molar-refractivity contribution in [2.75, 3.05) is 12.4 Å². The van der Waals surface area contributed by atoms with Crippen LogP contribution >= 0.6 is 0 Å². The number of hydrogen-bond donors (Lipinski definition) is 1. The van der Waals surface area contributed by atoms with Crippen LogP contribution in [0.5, 0.6) is 0 Å². The molecule has 0 radical (unpaired) electrons. The van der Waals surface area contributed by atoms with Crippen LogP contribution < -0.4 is 5.32 Å². The Labute approximate surface area is 175 Å². The molecule has 2 bridgehead atoms. The molecule has 6 nitrogen and oxygen atoms in total. The molecule has 0 aromatic heterocycles. The summed E-state index contributed by atoms with van der Waals surface area (Å²) in [6.07, 6.45) is 1.72. The number of nitrogens with zero attached hydrogens (tertiary/aromatic N) is 1. The Morgan fingerprint density at radius 1 is 1.07 bits per heavy atom. The largest absolute Gasteiger partial charge is 0.462 e. The first-order chi connectivity index (χ1) is 14.5. The van der Waals surface area contributed by atoms with Gasteiger partial charge in [0.2, 0.25) is 5.91 Å². The van der Waals surface area contributed by atoms with Gasteiger partial charge in [0, 0.05) is 30.8 Å². The molecule has 6 heteroatoms. The van der Waals surface area contributed by atoms with E-state index in [2.05, 4.69) is 5.32 Å². The second kappa shape index (κ2) is 7.27. The maximum atomic E-state index is 12.9. The van der Waals surface area contributed by atoms with Crippen molar-refractivity contribution in [2.45, 2.75) is 25.5 Å². The molecule has 3 fully saturated rings. The van der Waals surface area contributed by atoms with Crippen molar-refractivity contribution in [1.29, 1.82) is 0 Å². The summed E-state index contributed by atoms with van der Waals surface area (Å²) >= 11 is 0. The maximum absolute atomic E-state index is 12.9. The molecule has 30 heavy (non-hydrogen) atoms. The Morgan fingerprint density at radius 2 is 1.80 bits per heavy atom. The number of amides is 2. The van der Waals surface area contributed by atoms with E-state index in [1.165, 1.54) is 0 Å². The van der Waals surface area contributed by atoms with Crippen molar-refractivity contribution >= 4 is 23.5 Å². The SMILES string of the molecule is CN(Cc1ccccc1)C(=O)c1ccc(NC(=O)C2C3CC4OC(=O)C2C4C3)cc1. The lowest BCUT2D eigenvalue weighted by molar-refractivity contribution is -0.145. The van der Waals surface area contributed by atoms with Crippen molar-refractivity contribution in [3.63, 3.8) is 0 Å². The minimum Gasteiger partial charge on any atom is -0.462 e. The Kier molecular flexibility index (Phi) is 4.57. The van der Waals surface area contributed by atoms with Crippen LogP contribution in [-0.2, 0) is 20.9 Å². The number of benzene rings is 2. The molecule has 2 aromatic carbocycles. The lowest BCUT2D eigenvalue weighted by atomic mass is 9.79. The second-order valence-corrected chi connectivity index (χ2v) is 8.64. The quantitative estimate of drug-likeness (QED) is 0.777. The first-order valence-corrected chi connectivity index (χ1v) is 10.4. The van der Waals surface area contributed by atoms with E-state index in [9.17, 15) is 14.4 Å². The first-order valence-electron chi connectivity index (χ1n) is 10.4. The van der Waals surface area contributed by atoms with Crippen LogP contribution in [0.3, 0.4) is 0 Å². The van der Waals surface area contributed by atoms with E-state index < -0.39 is 0 Å². The molecule has 2 amide bonds. The molecular weight excluding hydrogens is 380 g/mol. The molecule has 1 N–H and O–H groups in total. The van der Waals surface area contributed by atoms with Crippen molar-refractivity contribution in [3.05, 3.63) is 65.7 Å². The molecule has 5 atom stereocenters. The van der Waals surface area contributed by atoms with Gasteiger partial charge in [-0.25, -0.2) is 0 Å². The Bertz CT molecular complexity index is 986. The molecule has 154 valence electrons. The van der Waals surface area contributed by atoms with E-state index in [0.717, 1.165) is 18.4 Å². The van der Waals surface area contributed by atoms with Gasteiger partial charge in [-0.1, -0.05) is 30.3 Å². The zero-order valence-electron chi connectivity index (χ0n) is 16.8. The summed E-state index contributed by atoms with van der Waals surface area (Å²) in [6, 6.07) is 16.7. The van der Waals surface area contributed by atoms with Crippen molar-refractivity contribution in [2.24, 2.45) is 23.7 Å². The molecule has 5 unspecified atom stereocenters. The third-order valence-corrected chi connectivity index (χ3v) is 6.79. The standard InChI is InChI=1S/C24H24N2O4/c1-26(13-14-5-3-2-4-6-14)23(28)15-7-9-17(10-8-15)25-22(27)20-16-11-18-19(12-16)30-24(29)21(18)20/h2-10,16,18-21H,11-13H2,1H3,(H,25,27). The van der Waals surface area contributed by atoms with Gasteiger partial charge in [0.15, 0.2) is 0 Å². The number of carbonyl (C=O) groups excluding carboxylic acids is 3. The average molecular weight is 404 g/mol. The molecule has 0 spiro atoms. The summed E-state index contributed by atoms with van der Waals surface area (Å²) in [5.74, 6) is -0.578. The van der Waals surface area contributed by atoms with Gasteiger partial charge < -0.3 is 15.0 Å². The highest BCUT2D eigenvalue weighted by Crippen LogP contribution is 2.57. The molecule has 3 aliphatic rings. The van der Waals surface area contributed by atoms with Crippen molar-refractivity contribution < 1.29 is 19.1 Å². The van der Waals surface area contributed by atoms with E-state index in [1.807, 2.05) is 30.3 Å². The average Bonchev–Trinajstić information content (AvgIpc) is 3.37. The molecule has 2 aliphatic carbocycles. The van der Waals surface area contributed by atoms with Crippen LogP contribution in [0.25, 0.3) is 0 Å². The summed E-state index contributed by atoms with van der Waals surface area (Å²) < 4.78 is 5.42. The number of anilines is 1. The Morgan fingerprint density at radius 3 is 2.53 bits per heavy atom. The summed E-state index contributed by atoms with van der Waals surface area (Å²) in [5.41, 5.74) is 2.26. The number of fused-ring (bicyclic) bond motifs is 1. The fraction of sp³-hybridized carbons (Fsp3) is 0.375. The normalized spacial score (nSPS) is 28.3. The highest BCUT2D eigenvalue weighted by molar-refractivity contribution is 5.98. The van der Waals surface area contributed by atoms with Crippen LogP contribution in [0.1, 0.15) is 28.8 Å². The molecule has 2 saturated carbocycles. The smallest absolute Gasteiger partial charge is 0.310 e. The number of carbonyl (C=O) groups is 3. The van der Waals surface area contributed by atoms with Gasteiger partial charge in [-0.3, -0.25) is 14.4 Å². The van der Waals surface area contributed by atoms with Crippen LogP contribution in [0.15, 0.2) is 54.6 Å². The zero-order chi connectivity index (χ0) is 20.8. The van der Waals surface area contributed by atoms with Gasteiger partial charge in [-0.05, 0) is 48.6 Å². The van der Waals surface area contributed by atoms with Gasteiger partial charge in [0.1, 0.15) is 6.10 Å². The number of esters is 1. The van der Waals surface area contributed by atoms with E-state index in [4.69, 9.17) is 4.74 Å². The van der Waals surface area contributed by atoms with Gasteiger partial charge in [0.05, 0.1) is 11.8 Å². The minimum absolute atomic E-state index is 0.0229. The number of ether oxygens (including phenoxy) is 1. The minimum atomic E-state index is -0.306. The van der Waals surface area contributed by atoms with Gasteiger partial charge in [0.25, 0.3) is 5.91 Å².